The first-order valence-corrected chi connectivity index (χ1v) is 30.9. The van der Waals surface area contributed by atoms with Gasteiger partial charge in [-0.2, -0.15) is 0 Å². The van der Waals surface area contributed by atoms with E-state index in [1.54, 1.807) is 118 Å². The molecule has 14 nitrogen and oxygen atoms in total. The molecule has 0 fully saturated rings. The van der Waals surface area contributed by atoms with Crippen LogP contribution in [0.3, 0.4) is 0 Å². The molecular weight excluding hydrogens is 1050 g/mol. The van der Waals surface area contributed by atoms with E-state index in [2.05, 4.69) is 21.3 Å². The van der Waals surface area contributed by atoms with Crippen LogP contribution in [0.4, 0.5) is 0 Å². The molecule has 0 heterocycles. The highest BCUT2D eigenvalue weighted by Crippen LogP contribution is 2.28. The largest absolute Gasteiger partial charge is 0.388 e. The molecule has 0 aliphatic rings. The van der Waals surface area contributed by atoms with Gasteiger partial charge in [0.15, 0.2) is 19.7 Å². The van der Waals surface area contributed by atoms with Crippen molar-refractivity contribution in [3.05, 3.63) is 168 Å². The Morgan fingerprint density at radius 1 is 0.412 bits per heavy atom. The van der Waals surface area contributed by atoms with Gasteiger partial charge in [-0.15, -0.1) is 0 Å². The molecule has 430 valence electrons. The van der Waals surface area contributed by atoms with Gasteiger partial charge in [0.25, 0.3) is 0 Å². The predicted molar refractivity (Wildman–Crippen MR) is 319 cm³/mol. The van der Waals surface area contributed by atoms with Gasteiger partial charge in [-0.1, -0.05) is 173 Å². The van der Waals surface area contributed by atoms with Crippen molar-refractivity contribution in [2.24, 2.45) is 23.7 Å². The third kappa shape index (κ3) is 16.4. The number of hydrogen-bond donors (Lipinski definition) is 6. The Morgan fingerprint density at radius 3 is 1.05 bits per heavy atom. The Labute approximate surface area is 473 Å². The lowest BCUT2D eigenvalue weighted by Crippen LogP contribution is -2.62. The van der Waals surface area contributed by atoms with Crippen LogP contribution in [0.1, 0.15) is 91.5 Å². The highest BCUT2D eigenvalue weighted by atomic mass is 32.2. The molecule has 0 aliphatic carbocycles. The van der Waals surface area contributed by atoms with Crippen molar-refractivity contribution >= 4 is 64.8 Å². The quantitative estimate of drug-likeness (QED) is 0.0325. The average molecular weight is 1130 g/mol. The first-order chi connectivity index (χ1) is 37.6. The van der Waals surface area contributed by atoms with E-state index in [1.165, 1.54) is 0 Å². The molecule has 0 spiro atoms. The van der Waals surface area contributed by atoms with Crippen LogP contribution in [0.15, 0.2) is 146 Å². The number of rotatable bonds is 25. The Balaban J connectivity index is 1.29. The fraction of sp³-hybridized carbons (Fsp3) is 0.438. The summed E-state index contributed by atoms with van der Waals surface area (Å²) in [5, 5.41) is 40.1. The molecule has 0 unspecified atom stereocenters. The smallest absolute Gasteiger partial charge is 0.243 e. The molecule has 16 heteroatoms. The first kappa shape index (κ1) is 62.7. The van der Waals surface area contributed by atoms with Crippen LogP contribution in [0.25, 0.3) is 21.5 Å². The maximum atomic E-state index is 14.7. The number of hydrogen-bond acceptors (Lipinski definition) is 10. The summed E-state index contributed by atoms with van der Waals surface area (Å²) in [6.45, 7) is 16.4. The topological polar surface area (TPSA) is 225 Å². The SMILES string of the molecule is CC(C)[C@H](NC(=O)[C@H](Cc1cccc2ccccc12)CS(=O)(=O)C(C)(C)C)C(=O)N[C@@H](Cc1ccccc1)[C@H](O)[C@@H](O)[C@H](Cc1ccccc1)NC(=O)[C@@H](NC(=O)[C@H](Cc1cccc2ccccc12)CS(=O)(=O)C(C)(C)C)C(C)C. The number of aliphatic hydroxyl groups excluding tert-OH is 2. The molecule has 0 aliphatic heterocycles. The normalized spacial score (nSPS) is 15.5. The summed E-state index contributed by atoms with van der Waals surface area (Å²) >= 11 is 0. The molecule has 0 radical (unpaired) electrons. The average Bonchev–Trinajstić information content (AvgIpc) is 3.40. The van der Waals surface area contributed by atoms with Gasteiger partial charge in [-0.25, -0.2) is 16.8 Å². The van der Waals surface area contributed by atoms with Crippen LogP contribution in [0, 0.1) is 23.7 Å². The molecule has 0 saturated carbocycles. The molecular formula is C64H82N4O10S2. The third-order valence-corrected chi connectivity index (χ3v) is 20.5. The van der Waals surface area contributed by atoms with Crippen LogP contribution >= 0.6 is 0 Å². The van der Waals surface area contributed by atoms with E-state index >= 15 is 0 Å². The van der Waals surface area contributed by atoms with Crippen molar-refractivity contribution in [1.29, 1.82) is 0 Å². The monoisotopic (exact) mass is 1130 g/mol. The lowest BCUT2D eigenvalue weighted by atomic mass is 9.90. The zero-order valence-corrected chi connectivity index (χ0v) is 49.5. The summed E-state index contributed by atoms with van der Waals surface area (Å²) in [5.74, 6) is -6.92. The number of fused-ring (bicyclic) bond motifs is 2. The number of carbonyl (C=O) groups excluding carboxylic acids is 4. The zero-order chi connectivity index (χ0) is 58.7. The number of aliphatic hydroxyl groups is 2. The van der Waals surface area contributed by atoms with Crippen LogP contribution in [0.5, 0.6) is 0 Å². The number of amides is 4. The molecule has 4 amide bonds. The summed E-state index contributed by atoms with van der Waals surface area (Å²) in [5.41, 5.74) is 2.92. The second-order valence-electron chi connectivity index (χ2n) is 23.9. The molecule has 80 heavy (non-hydrogen) atoms. The van der Waals surface area contributed by atoms with E-state index in [1.807, 2.05) is 97.1 Å². The molecule has 6 N–H and O–H groups in total. The van der Waals surface area contributed by atoms with E-state index in [-0.39, 0.29) is 25.7 Å². The maximum Gasteiger partial charge on any atom is 0.243 e. The molecule has 6 rings (SSSR count). The second kappa shape index (κ2) is 26.9. The molecule has 0 aromatic heterocycles. The van der Waals surface area contributed by atoms with Gasteiger partial charge in [0.2, 0.25) is 23.6 Å². The summed E-state index contributed by atoms with van der Waals surface area (Å²) in [6, 6.07) is 39.7. The first-order valence-electron chi connectivity index (χ1n) is 27.6. The minimum Gasteiger partial charge on any atom is -0.388 e. The van der Waals surface area contributed by atoms with Crippen LogP contribution in [-0.4, -0.2) is 108 Å². The van der Waals surface area contributed by atoms with Gasteiger partial charge in [-0.05, 0) is 123 Å². The lowest BCUT2D eigenvalue weighted by Gasteiger charge is -2.35. The number of benzene rings is 6. The van der Waals surface area contributed by atoms with E-state index in [0.29, 0.717) is 11.1 Å². The lowest BCUT2D eigenvalue weighted by molar-refractivity contribution is -0.134. The Morgan fingerprint density at radius 2 is 0.725 bits per heavy atom. The Bertz CT molecular complexity index is 3070. The summed E-state index contributed by atoms with van der Waals surface area (Å²) < 4.78 is 52.9. The number of nitrogens with one attached hydrogen (secondary N) is 4. The minimum absolute atomic E-state index is 0.00332. The van der Waals surface area contributed by atoms with Crippen LogP contribution < -0.4 is 21.3 Å². The van der Waals surface area contributed by atoms with Crippen LogP contribution in [0.2, 0.25) is 0 Å². The van der Waals surface area contributed by atoms with Crippen molar-refractivity contribution < 1.29 is 46.2 Å². The van der Waals surface area contributed by atoms with E-state index in [0.717, 1.165) is 32.7 Å². The van der Waals surface area contributed by atoms with Gasteiger partial charge in [0.05, 0.1) is 44.9 Å². The van der Waals surface area contributed by atoms with Gasteiger partial charge < -0.3 is 31.5 Å². The molecule has 0 saturated heterocycles. The fourth-order valence-corrected chi connectivity index (χ4v) is 12.4. The summed E-state index contributed by atoms with van der Waals surface area (Å²) in [4.78, 5) is 58.7. The number of carbonyl (C=O) groups is 4. The van der Waals surface area contributed by atoms with E-state index in [9.17, 15) is 46.2 Å². The van der Waals surface area contributed by atoms with E-state index < -0.39 is 124 Å². The molecule has 8 atom stereocenters. The van der Waals surface area contributed by atoms with Gasteiger partial charge in [0.1, 0.15) is 24.3 Å². The molecule has 6 aromatic carbocycles. The van der Waals surface area contributed by atoms with Gasteiger partial charge in [0, 0.05) is 0 Å². The van der Waals surface area contributed by atoms with Crippen molar-refractivity contribution in [2.45, 2.75) is 141 Å². The standard InChI is InChI=1S/C64H82N4O10S2/c1-41(2)55(67-59(71)49(39-79(75,76)63(5,6)7)37-47-31-21-29-45-27-17-19-33-51(45)47)61(73)65-53(35-43-23-13-11-14-24-43)57(69)58(70)54(36-44-25-15-12-16-26-44)66-62(74)56(42(3)4)68-60(72)50(40-80(77,78)64(8,9)10)38-48-32-22-30-46-28-18-20-34-52(46)48/h11-34,41-42,49-50,53-58,69-70H,35-40H2,1-10H3,(H,65,73)(H,66,74)(H,67,71)(H,68,72)/t49-,50-,53+,54+,55+,56+,57+,58+/m1/s1. The predicted octanol–water partition coefficient (Wildman–Crippen LogP) is 7.90. The molecule has 0 bridgehead atoms. The Kier molecular flexibility index (Phi) is 21.1. The molecule has 6 aromatic rings. The highest BCUT2D eigenvalue weighted by Gasteiger charge is 2.41. The zero-order valence-electron chi connectivity index (χ0n) is 47.8. The third-order valence-electron chi connectivity index (χ3n) is 15.1. The van der Waals surface area contributed by atoms with Crippen molar-refractivity contribution in [3.63, 3.8) is 0 Å². The van der Waals surface area contributed by atoms with E-state index in [4.69, 9.17) is 0 Å². The Hall–Kier alpha value is -6.46. The van der Waals surface area contributed by atoms with Gasteiger partial charge in [-0.3, -0.25) is 19.2 Å². The number of sulfone groups is 2. The minimum atomic E-state index is -3.85. The highest BCUT2D eigenvalue weighted by molar-refractivity contribution is 7.93. The van der Waals surface area contributed by atoms with Crippen molar-refractivity contribution in [2.75, 3.05) is 11.5 Å². The van der Waals surface area contributed by atoms with Crippen molar-refractivity contribution in [1.82, 2.24) is 21.3 Å². The van der Waals surface area contributed by atoms with Crippen LogP contribution in [-0.2, 0) is 64.5 Å². The maximum absolute atomic E-state index is 14.7. The second-order valence-corrected chi connectivity index (χ2v) is 29.5. The van der Waals surface area contributed by atoms with Crippen molar-refractivity contribution in [3.8, 4) is 0 Å². The summed E-state index contributed by atoms with van der Waals surface area (Å²) in [6.07, 6.45) is -3.37. The summed E-state index contributed by atoms with van der Waals surface area (Å²) in [7, 11) is -7.70. The van der Waals surface area contributed by atoms with Gasteiger partial charge >= 0.3 is 0 Å². The fourth-order valence-electron chi connectivity index (χ4n) is 9.84.